The van der Waals surface area contributed by atoms with Crippen molar-refractivity contribution in [2.24, 2.45) is 0 Å². The molecular formula is C15H25ClN2O3. The highest BCUT2D eigenvalue weighted by atomic mass is 35.5. The van der Waals surface area contributed by atoms with E-state index < -0.39 is 0 Å². The predicted octanol–water partition coefficient (Wildman–Crippen LogP) is 2.13. The van der Waals surface area contributed by atoms with Crippen LogP contribution in [0.5, 0.6) is 11.5 Å². The lowest BCUT2D eigenvalue weighted by atomic mass is 10.2. The molecule has 0 unspecified atom stereocenters. The van der Waals surface area contributed by atoms with Crippen LogP contribution in [0.15, 0.2) is 18.2 Å². The molecule has 1 amide bonds. The third-order valence-electron chi connectivity index (χ3n) is 2.85. The number of rotatable bonds is 9. The fourth-order valence-corrected chi connectivity index (χ4v) is 1.81. The summed E-state index contributed by atoms with van der Waals surface area (Å²) in [6.07, 6.45) is 1.38. The number of carbonyl (C=O) groups excluding carboxylic acids is 1. The molecule has 1 rings (SSSR count). The van der Waals surface area contributed by atoms with Gasteiger partial charge >= 0.3 is 0 Å². The van der Waals surface area contributed by atoms with Crippen LogP contribution in [0.2, 0.25) is 0 Å². The first kappa shape index (κ1) is 19.5. The zero-order valence-electron chi connectivity index (χ0n) is 12.9. The van der Waals surface area contributed by atoms with E-state index in [1.165, 1.54) is 0 Å². The van der Waals surface area contributed by atoms with Crippen molar-refractivity contribution in [2.75, 3.05) is 27.3 Å². The third kappa shape index (κ3) is 7.20. The number of hydrogen-bond donors (Lipinski definition) is 2. The van der Waals surface area contributed by atoms with E-state index in [1.54, 1.807) is 7.11 Å². The maximum atomic E-state index is 11.6. The van der Waals surface area contributed by atoms with Crippen LogP contribution in [-0.2, 0) is 11.3 Å². The van der Waals surface area contributed by atoms with Gasteiger partial charge in [0, 0.05) is 13.0 Å². The van der Waals surface area contributed by atoms with E-state index in [1.807, 2.05) is 32.2 Å². The van der Waals surface area contributed by atoms with E-state index in [4.69, 9.17) is 9.47 Å². The smallest absolute Gasteiger partial charge is 0.220 e. The van der Waals surface area contributed by atoms with Crippen LogP contribution in [0.25, 0.3) is 0 Å². The van der Waals surface area contributed by atoms with Crippen molar-refractivity contribution >= 4 is 18.3 Å². The Kier molecular flexibility index (Phi) is 10.4. The minimum atomic E-state index is 0. The molecule has 0 spiro atoms. The number of carbonyl (C=O) groups is 1. The molecule has 0 bridgehead atoms. The number of amides is 1. The Morgan fingerprint density at radius 1 is 1.29 bits per heavy atom. The Morgan fingerprint density at radius 2 is 2.05 bits per heavy atom. The fourth-order valence-electron chi connectivity index (χ4n) is 1.81. The highest BCUT2D eigenvalue weighted by Crippen LogP contribution is 2.27. The van der Waals surface area contributed by atoms with Gasteiger partial charge in [0.05, 0.1) is 13.7 Å². The molecule has 0 aliphatic rings. The van der Waals surface area contributed by atoms with Crippen LogP contribution in [0.1, 0.15) is 25.3 Å². The van der Waals surface area contributed by atoms with Crippen LogP contribution in [0.4, 0.5) is 0 Å². The molecule has 21 heavy (non-hydrogen) atoms. The van der Waals surface area contributed by atoms with Crippen molar-refractivity contribution in [1.29, 1.82) is 0 Å². The Labute approximate surface area is 132 Å². The molecule has 0 heterocycles. The molecule has 5 nitrogen and oxygen atoms in total. The zero-order chi connectivity index (χ0) is 14.8. The predicted molar refractivity (Wildman–Crippen MR) is 86.4 cm³/mol. The summed E-state index contributed by atoms with van der Waals surface area (Å²) >= 11 is 0. The van der Waals surface area contributed by atoms with Gasteiger partial charge in [0.25, 0.3) is 0 Å². The molecule has 0 aliphatic carbocycles. The molecule has 2 N–H and O–H groups in total. The van der Waals surface area contributed by atoms with E-state index in [-0.39, 0.29) is 18.3 Å². The van der Waals surface area contributed by atoms with Crippen LogP contribution < -0.4 is 20.1 Å². The Bertz CT molecular complexity index is 427. The second-order valence-corrected chi connectivity index (χ2v) is 4.40. The first-order valence-corrected chi connectivity index (χ1v) is 6.92. The molecular weight excluding hydrogens is 292 g/mol. The normalized spacial score (nSPS) is 9.67. The van der Waals surface area contributed by atoms with Gasteiger partial charge in [-0.25, -0.2) is 0 Å². The lowest BCUT2D eigenvalue weighted by molar-refractivity contribution is -0.121. The molecule has 0 aliphatic heterocycles. The van der Waals surface area contributed by atoms with Crippen molar-refractivity contribution in [3.63, 3.8) is 0 Å². The number of methoxy groups -OCH3 is 1. The van der Waals surface area contributed by atoms with Gasteiger partial charge in [-0.2, -0.15) is 0 Å². The van der Waals surface area contributed by atoms with Crippen molar-refractivity contribution in [2.45, 2.75) is 26.3 Å². The highest BCUT2D eigenvalue weighted by molar-refractivity contribution is 5.85. The lowest BCUT2D eigenvalue weighted by Gasteiger charge is -2.11. The number of hydrogen-bond acceptors (Lipinski definition) is 4. The molecule has 0 saturated carbocycles. The Morgan fingerprint density at radius 3 is 2.67 bits per heavy atom. The molecule has 120 valence electrons. The van der Waals surface area contributed by atoms with Crippen molar-refractivity contribution < 1.29 is 14.3 Å². The van der Waals surface area contributed by atoms with Gasteiger partial charge in [0.15, 0.2) is 11.5 Å². The minimum absolute atomic E-state index is 0. The van der Waals surface area contributed by atoms with Gasteiger partial charge in [-0.3, -0.25) is 4.79 Å². The number of halogens is 1. The van der Waals surface area contributed by atoms with Crippen molar-refractivity contribution in [3.05, 3.63) is 23.8 Å². The van der Waals surface area contributed by atoms with Gasteiger partial charge in [0.1, 0.15) is 0 Å². The van der Waals surface area contributed by atoms with Gasteiger partial charge in [0.2, 0.25) is 5.91 Å². The Balaban J connectivity index is 0.00000400. The zero-order valence-corrected chi connectivity index (χ0v) is 13.7. The average Bonchev–Trinajstić information content (AvgIpc) is 2.46. The average molecular weight is 317 g/mol. The van der Waals surface area contributed by atoms with E-state index in [2.05, 4.69) is 10.6 Å². The molecule has 0 fully saturated rings. The maximum absolute atomic E-state index is 11.6. The summed E-state index contributed by atoms with van der Waals surface area (Å²) in [5.41, 5.74) is 0.996. The van der Waals surface area contributed by atoms with Crippen LogP contribution in [0.3, 0.4) is 0 Å². The third-order valence-corrected chi connectivity index (χ3v) is 2.85. The highest BCUT2D eigenvalue weighted by Gasteiger charge is 2.06. The molecule has 0 atom stereocenters. The summed E-state index contributed by atoms with van der Waals surface area (Å²) in [5.74, 6) is 1.47. The molecule has 0 saturated heterocycles. The van der Waals surface area contributed by atoms with Gasteiger partial charge < -0.3 is 20.1 Å². The maximum Gasteiger partial charge on any atom is 0.220 e. The largest absolute Gasteiger partial charge is 0.493 e. The van der Waals surface area contributed by atoms with Gasteiger partial charge in [-0.1, -0.05) is 6.07 Å². The monoisotopic (exact) mass is 316 g/mol. The standard InChI is InChI=1S/C15H24N2O3.ClH/c1-4-20-14-10-12(7-8-13(14)19-3)11-17-15(18)6-5-9-16-2;/h7-8,10,16H,4-6,9,11H2,1-3H3,(H,17,18);1H. The number of benzene rings is 1. The van der Waals surface area contributed by atoms with E-state index in [9.17, 15) is 4.79 Å². The summed E-state index contributed by atoms with van der Waals surface area (Å²) < 4.78 is 10.7. The second kappa shape index (κ2) is 11.2. The molecule has 0 radical (unpaired) electrons. The fraction of sp³-hybridized carbons (Fsp3) is 0.533. The topological polar surface area (TPSA) is 59.6 Å². The lowest BCUT2D eigenvalue weighted by Crippen LogP contribution is -2.23. The molecule has 6 heteroatoms. The van der Waals surface area contributed by atoms with Crippen molar-refractivity contribution in [1.82, 2.24) is 10.6 Å². The summed E-state index contributed by atoms with van der Waals surface area (Å²) in [7, 11) is 3.49. The summed E-state index contributed by atoms with van der Waals surface area (Å²) in [6, 6.07) is 5.68. The first-order chi connectivity index (χ1) is 9.71. The number of ether oxygens (including phenoxy) is 2. The van der Waals surface area contributed by atoms with E-state index in [0.717, 1.165) is 18.5 Å². The van der Waals surface area contributed by atoms with Crippen molar-refractivity contribution in [3.8, 4) is 11.5 Å². The SMILES string of the molecule is CCOc1cc(CNC(=O)CCCNC)ccc1OC.Cl. The number of nitrogens with one attached hydrogen (secondary N) is 2. The Hall–Kier alpha value is -1.46. The second-order valence-electron chi connectivity index (χ2n) is 4.40. The van der Waals surface area contributed by atoms with E-state index >= 15 is 0 Å². The molecule has 1 aromatic rings. The van der Waals surface area contributed by atoms with Gasteiger partial charge in [-0.05, 0) is 44.6 Å². The summed E-state index contributed by atoms with van der Waals surface area (Å²) in [6.45, 7) is 3.86. The van der Waals surface area contributed by atoms with Crippen LogP contribution in [0, 0.1) is 0 Å². The van der Waals surface area contributed by atoms with E-state index in [0.29, 0.717) is 31.1 Å². The first-order valence-electron chi connectivity index (χ1n) is 6.92. The van der Waals surface area contributed by atoms with Crippen LogP contribution >= 0.6 is 12.4 Å². The molecule has 0 aromatic heterocycles. The van der Waals surface area contributed by atoms with Crippen LogP contribution in [-0.4, -0.2) is 33.2 Å². The minimum Gasteiger partial charge on any atom is -0.493 e. The summed E-state index contributed by atoms with van der Waals surface area (Å²) in [4.78, 5) is 11.6. The summed E-state index contributed by atoms with van der Waals surface area (Å²) in [5, 5.41) is 5.92. The quantitative estimate of drug-likeness (QED) is 0.685. The van der Waals surface area contributed by atoms with Gasteiger partial charge in [-0.15, -0.1) is 12.4 Å². The molecule has 1 aromatic carbocycles.